The van der Waals surface area contributed by atoms with E-state index >= 15 is 0 Å². The van der Waals surface area contributed by atoms with Gasteiger partial charge in [-0.25, -0.2) is 8.42 Å². The van der Waals surface area contributed by atoms with Gasteiger partial charge in [0.2, 0.25) is 10.0 Å². The molecule has 1 heterocycles. The van der Waals surface area contributed by atoms with Crippen LogP contribution < -0.4 is 5.32 Å². The van der Waals surface area contributed by atoms with E-state index in [0.29, 0.717) is 29.9 Å². The summed E-state index contributed by atoms with van der Waals surface area (Å²) in [6.45, 7) is 12.7. The van der Waals surface area contributed by atoms with Gasteiger partial charge in [0, 0.05) is 29.9 Å². The zero-order valence-electron chi connectivity index (χ0n) is 15.9. The van der Waals surface area contributed by atoms with E-state index in [9.17, 15) is 13.2 Å². The Morgan fingerprint density at radius 3 is 2.12 bits per heavy atom. The molecule has 5 nitrogen and oxygen atoms in total. The fourth-order valence-electron chi connectivity index (χ4n) is 3.04. The van der Waals surface area contributed by atoms with Crippen molar-refractivity contribution in [3.8, 4) is 0 Å². The van der Waals surface area contributed by atoms with Crippen LogP contribution in [0.15, 0.2) is 28.7 Å². The highest BCUT2D eigenvalue weighted by atomic mass is 32.2. The molecule has 6 heteroatoms. The van der Waals surface area contributed by atoms with Gasteiger partial charge in [0.1, 0.15) is 0 Å². The molecule has 1 aromatic rings. The number of hydrogen-bond donors (Lipinski definition) is 1. The second-order valence-corrected chi connectivity index (χ2v) is 9.58. The first kappa shape index (κ1) is 19.7. The molecule has 0 saturated heterocycles. The molecule has 0 spiro atoms. The van der Waals surface area contributed by atoms with Gasteiger partial charge in [0.25, 0.3) is 5.91 Å². The van der Waals surface area contributed by atoms with Crippen LogP contribution in [0.3, 0.4) is 0 Å². The molecule has 0 saturated carbocycles. The second kappa shape index (κ2) is 7.30. The largest absolute Gasteiger partial charge is 0.321 e. The number of amides is 1. The van der Waals surface area contributed by atoms with Crippen molar-refractivity contribution in [3.05, 3.63) is 29.3 Å². The van der Waals surface area contributed by atoms with Crippen LogP contribution in [-0.2, 0) is 14.8 Å². The lowest BCUT2D eigenvalue weighted by atomic mass is 10.0. The fraction of sp³-hybridized carbons (Fsp3) is 0.526. The number of rotatable bonds is 6. The molecule has 1 aliphatic rings. The summed E-state index contributed by atoms with van der Waals surface area (Å²) < 4.78 is 27.9. The first-order valence-corrected chi connectivity index (χ1v) is 10.1. The Morgan fingerprint density at radius 1 is 1.08 bits per heavy atom. The van der Waals surface area contributed by atoms with E-state index in [4.69, 9.17) is 0 Å². The van der Waals surface area contributed by atoms with Crippen LogP contribution in [0, 0.1) is 11.8 Å². The summed E-state index contributed by atoms with van der Waals surface area (Å²) in [6.07, 6.45) is 0. The predicted octanol–water partition coefficient (Wildman–Crippen LogP) is 3.73. The molecular weight excluding hydrogens is 336 g/mol. The minimum absolute atomic E-state index is 0.175. The normalized spacial score (nSPS) is 14.4. The SMILES string of the molecule is CC(C)=C1C(=O)Nc2ccc(S(=O)(=O)N(CC(C)C)CC(C)C)cc21. The van der Waals surface area contributed by atoms with Gasteiger partial charge in [-0.1, -0.05) is 33.3 Å². The molecule has 0 atom stereocenters. The number of sulfonamides is 1. The lowest BCUT2D eigenvalue weighted by Crippen LogP contribution is -2.37. The predicted molar refractivity (Wildman–Crippen MR) is 102 cm³/mol. The van der Waals surface area contributed by atoms with Crippen LogP contribution >= 0.6 is 0 Å². The van der Waals surface area contributed by atoms with E-state index in [1.165, 1.54) is 0 Å². The fourth-order valence-corrected chi connectivity index (χ4v) is 4.83. The molecule has 0 unspecified atom stereocenters. The van der Waals surface area contributed by atoms with Crippen molar-refractivity contribution in [2.24, 2.45) is 11.8 Å². The van der Waals surface area contributed by atoms with Crippen molar-refractivity contribution in [2.75, 3.05) is 18.4 Å². The van der Waals surface area contributed by atoms with Gasteiger partial charge in [0.15, 0.2) is 0 Å². The molecule has 1 aromatic carbocycles. The number of fused-ring (bicyclic) bond motifs is 1. The molecule has 0 fully saturated rings. The van der Waals surface area contributed by atoms with Crippen LogP contribution in [0.5, 0.6) is 0 Å². The second-order valence-electron chi connectivity index (χ2n) is 7.65. The van der Waals surface area contributed by atoms with Gasteiger partial charge in [-0.2, -0.15) is 4.31 Å². The molecule has 1 amide bonds. The summed E-state index contributed by atoms with van der Waals surface area (Å²) in [4.78, 5) is 12.4. The zero-order valence-corrected chi connectivity index (χ0v) is 16.7. The third-order valence-corrected chi connectivity index (χ3v) is 5.84. The van der Waals surface area contributed by atoms with Gasteiger partial charge in [0.05, 0.1) is 4.90 Å². The summed E-state index contributed by atoms with van der Waals surface area (Å²) >= 11 is 0. The third-order valence-electron chi connectivity index (χ3n) is 4.01. The Bertz CT molecular complexity index is 794. The molecule has 0 bridgehead atoms. The molecule has 1 aliphatic heterocycles. The third kappa shape index (κ3) is 4.12. The van der Waals surface area contributed by atoms with Crippen LogP contribution in [0.25, 0.3) is 5.57 Å². The number of hydrogen-bond acceptors (Lipinski definition) is 3. The molecule has 0 radical (unpaired) electrons. The number of benzene rings is 1. The first-order chi connectivity index (χ1) is 11.5. The number of anilines is 1. The van der Waals surface area contributed by atoms with E-state index in [0.717, 1.165) is 5.57 Å². The van der Waals surface area contributed by atoms with Gasteiger partial charge in [-0.05, 0) is 43.9 Å². The van der Waals surface area contributed by atoms with Gasteiger partial charge in [-0.15, -0.1) is 0 Å². The summed E-state index contributed by atoms with van der Waals surface area (Å²) in [5, 5.41) is 2.80. The maximum absolute atomic E-state index is 13.2. The standard InChI is InChI=1S/C19H28N2O3S/c1-12(2)10-21(11-13(3)4)25(23,24)15-7-8-17-16(9-15)18(14(5)6)19(22)20-17/h7-9,12-13H,10-11H2,1-6H3,(H,20,22). The van der Waals surface area contributed by atoms with Gasteiger partial charge < -0.3 is 5.32 Å². The van der Waals surface area contributed by atoms with Crippen molar-refractivity contribution in [1.82, 2.24) is 4.31 Å². The lowest BCUT2D eigenvalue weighted by Gasteiger charge is -2.26. The number of allylic oxidation sites excluding steroid dienone is 1. The highest BCUT2D eigenvalue weighted by Gasteiger charge is 2.30. The van der Waals surface area contributed by atoms with Crippen LogP contribution in [-0.4, -0.2) is 31.7 Å². The molecule has 25 heavy (non-hydrogen) atoms. The Labute approximate surface area is 151 Å². The molecule has 2 rings (SSSR count). The highest BCUT2D eigenvalue weighted by molar-refractivity contribution is 7.89. The van der Waals surface area contributed by atoms with Crippen LogP contribution in [0.1, 0.15) is 47.1 Å². The smallest absolute Gasteiger partial charge is 0.256 e. The Kier molecular flexibility index (Phi) is 5.74. The Balaban J connectivity index is 2.50. The maximum atomic E-state index is 13.2. The van der Waals surface area contributed by atoms with Crippen LogP contribution in [0.4, 0.5) is 5.69 Å². The topological polar surface area (TPSA) is 66.5 Å². The highest BCUT2D eigenvalue weighted by Crippen LogP contribution is 2.36. The van der Waals surface area contributed by atoms with Gasteiger partial charge in [-0.3, -0.25) is 4.79 Å². The molecule has 0 aliphatic carbocycles. The van der Waals surface area contributed by atoms with E-state index in [1.54, 1.807) is 22.5 Å². The minimum Gasteiger partial charge on any atom is -0.321 e. The van der Waals surface area contributed by atoms with Crippen molar-refractivity contribution >= 4 is 27.2 Å². The Morgan fingerprint density at radius 2 is 1.64 bits per heavy atom. The molecule has 138 valence electrons. The van der Waals surface area contributed by atoms with Crippen molar-refractivity contribution in [3.63, 3.8) is 0 Å². The number of carbonyl (C=O) groups is 1. The van der Waals surface area contributed by atoms with E-state index < -0.39 is 10.0 Å². The van der Waals surface area contributed by atoms with Crippen molar-refractivity contribution in [2.45, 2.75) is 46.4 Å². The monoisotopic (exact) mass is 364 g/mol. The van der Waals surface area contributed by atoms with E-state index in [2.05, 4.69) is 5.32 Å². The summed E-state index contributed by atoms with van der Waals surface area (Å²) in [5.74, 6) is 0.296. The Hall–Kier alpha value is -1.66. The maximum Gasteiger partial charge on any atom is 0.256 e. The summed E-state index contributed by atoms with van der Waals surface area (Å²) in [7, 11) is -3.61. The summed E-state index contributed by atoms with van der Waals surface area (Å²) in [5.41, 5.74) is 2.76. The molecule has 0 aromatic heterocycles. The number of nitrogens with one attached hydrogen (secondary N) is 1. The van der Waals surface area contributed by atoms with Gasteiger partial charge >= 0.3 is 0 Å². The van der Waals surface area contributed by atoms with E-state index in [1.807, 2.05) is 41.5 Å². The number of nitrogens with zero attached hydrogens (tertiary/aromatic N) is 1. The quantitative estimate of drug-likeness (QED) is 0.782. The minimum atomic E-state index is -3.61. The average molecular weight is 365 g/mol. The zero-order chi connectivity index (χ0) is 18.9. The van der Waals surface area contributed by atoms with Crippen molar-refractivity contribution < 1.29 is 13.2 Å². The van der Waals surface area contributed by atoms with Crippen LogP contribution in [0.2, 0.25) is 0 Å². The number of carbonyl (C=O) groups excluding carboxylic acids is 1. The first-order valence-electron chi connectivity index (χ1n) is 8.67. The molecule has 1 N–H and O–H groups in total. The summed E-state index contributed by atoms with van der Waals surface area (Å²) in [6, 6.07) is 4.88. The van der Waals surface area contributed by atoms with Crippen molar-refractivity contribution in [1.29, 1.82) is 0 Å². The average Bonchev–Trinajstić information content (AvgIpc) is 2.80. The molecular formula is C19H28N2O3S. The van der Waals surface area contributed by atoms with E-state index in [-0.39, 0.29) is 22.6 Å². The lowest BCUT2D eigenvalue weighted by molar-refractivity contribution is -0.110.